The molecule has 2 amide bonds. The van der Waals surface area contributed by atoms with E-state index in [-0.39, 0.29) is 6.03 Å². The van der Waals surface area contributed by atoms with Gasteiger partial charge in [-0.15, -0.1) is 0 Å². The molecule has 1 aromatic heterocycles. The molecule has 0 atom stereocenters. The highest BCUT2D eigenvalue weighted by molar-refractivity contribution is 6.31. The third kappa shape index (κ3) is 3.29. The topological polar surface area (TPSA) is 67.2 Å². The molecule has 0 aliphatic carbocycles. The molecule has 2 N–H and O–H groups in total. The van der Waals surface area contributed by atoms with Crippen LogP contribution in [-0.2, 0) is 0 Å². The second-order valence-electron chi connectivity index (χ2n) is 5.16. The summed E-state index contributed by atoms with van der Waals surface area (Å²) in [5, 5.41) is 6.12. The lowest BCUT2D eigenvalue weighted by atomic mass is 10.1. The lowest BCUT2D eigenvalue weighted by Crippen LogP contribution is -2.28. The van der Waals surface area contributed by atoms with E-state index in [0.29, 0.717) is 34.2 Å². The number of anilines is 1. The van der Waals surface area contributed by atoms with E-state index in [0.717, 1.165) is 11.1 Å². The highest BCUT2D eigenvalue weighted by Crippen LogP contribution is 2.31. The van der Waals surface area contributed by atoms with Gasteiger partial charge in [0.1, 0.15) is 5.52 Å². The molecular formula is C17H16ClN3O2. The van der Waals surface area contributed by atoms with E-state index in [4.69, 9.17) is 16.0 Å². The maximum atomic E-state index is 11.8. The van der Waals surface area contributed by atoms with Crippen LogP contribution in [-0.4, -0.2) is 17.6 Å². The van der Waals surface area contributed by atoms with Crippen LogP contribution < -0.4 is 10.6 Å². The van der Waals surface area contributed by atoms with Crippen LogP contribution in [0.15, 0.2) is 40.8 Å². The quantitative estimate of drug-likeness (QED) is 0.738. The predicted molar refractivity (Wildman–Crippen MR) is 91.9 cm³/mol. The van der Waals surface area contributed by atoms with Gasteiger partial charge in [0.05, 0.1) is 11.3 Å². The summed E-state index contributed by atoms with van der Waals surface area (Å²) in [5.41, 5.74) is 3.73. The van der Waals surface area contributed by atoms with Gasteiger partial charge in [0.2, 0.25) is 5.89 Å². The molecule has 23 heavy (non-hydrogen) atoms. The summed E-state index contributed by atoms with van der Waals surface area (Å²) in [4.78, 5) is 16.3. The number of rotatable bonds is 3. The monoisotopic (exact) mass is 329 g/mol. The minimum Gasteiger partial charge on any atom is -0.436 e. The maximum Gasteiger partial charge on any atom is 0.319 e. The van der Waals surface area contributed by atoms with Gasteiger partial charge in [0, 0.05) is 11.6 Å². The normalized spacial score (nSPS) is 10.7. The Labute approximate surface area is 138 Å². The van der Waals surface area contributed by atoms with Gasteiger partial charge < -0.3 is 15.1 Å². The van der Waals surface area contributed by atoms with Gasteiger partial charge in [-0.2, -0.15) is 0 Å². The fraction of sp³-hybridized carbons (Fsp3) is 0.176. The van der Waals surface area contributed by atoms with Crippen molar-refractivity contribution in [1.82, 2.24) is 10.3 Å². The smallest absolute Gasteiger partial charge is 0.319 e. The van der Waals surface area contributed by atoms with E-state index in [1.54, 1.807) is 18.2 Å². The third-order valence-electron chi connectivity index (χ3n) is 3.34. The third-order valence-corrected chi connectivity index (χ3v) is 3.58. The number of hydrogen-bond donors (Lipinski definition) is 2. The predicted octanol–water partition coefficient (Wildman–Crippen LogP) is 4.60. The molecule has 0 fully saturated rings. The molecule has 5 nitrogen and oxygen atoms in total. The number of oxazole rings is 1. The number of aromatic nitrogens is 1. The van der Waals surface area contributed by atoms with Crippen molar-refractivity contribution >= 4 is 34.4 Å². The zero-order chi connectivity index (χ0) is 16.4. The molecule has 0 saturated heterocycles. The van der Waals surface area contributed by atoms with Gasteiger partial charge in [-0.1, -0.05) is 23.2 Å². The number of carbonyl (C=O) groups excluding carboxylic acids is 1. The van der Waals surface area contributed by atoms with Crippen LogP contribution in [0.1, 0.15) is 12.5 Å². The molecule has 2 aromatic carbocycles. The minimum absolute atomic E-state index is 0.267. The molecule has 0 bridgehead atoms. The minimum atomic E-state index is -0.267. The molecule has 0 spiro atoms. The fourth-order valence-corrected chi connectivity index (χ4v) is 2.45. The van der Waals surface area contributed by atoms with E-state index in [1.807, 2.05) is 32.0 Å². The number of benzene rings is 2. The first-order chi connectivity index (χ1) is 11.1. The number of aryl methyl sites for hydroxylation is 1. The molecule has 0 aliphatic heterocycles. The molecule has 1 heterocycles. The Morgan fingerprint density at radius 2 is 2.09 bits per heavy atom. The van der Waals surface area contributed by atoms with E-state index in [2.05, 4.69) is 15.6 Å². The zero-order valence-corrected chi connectivity index (χ0v) is 13.6. The second-order valence-corrected chi connectivity index (χ2v) is 5.60. The van der Waals surface area contributed by atoms with E-state index in [1.165, 1.54) is 0 Å². The maximum absolute atomic E-state index is 11.8. The molecule has 0 unspecified atom stereocenters. The Hall–Kier alpha value is -2.53. The molecule has 118 valence electrons. The Kier molecular flexibility index (Phi) is 4.21. The van der Waals surface area contributed by atoms with Crippen LogP contribution in [0.25, 0.3) is 22.6 Å². The van der Waals surface area contributed by atoms with E-state index >= 15 is 0 Å². The van der Waals surface area contributed by atoms with Crippen LogP contribution >= 0.6 is 11.6 Å². The number of urea groups is 1. The number of nitrogens with one attached hydrogen (secondary N) is 2. The number of carbonyl (C=O) groups is 1. The Morgan fingerprint density at radius 3 is 2.87 bits per heavy atom. The molecule has 6 heteroatoms. The standard InChI is InChI=1S/C17H16ClN3O2/c1-3-19-17(22)21-13-6-4-10(2)8-12(13)16-20-14-9-11(18)5-7-15(14)23-16/h4-9H,3H2,1-2H3,(H2,19,21,22). The Bertz CT molecular complexity index is 873. The molecular weight excluding hydrogens is 314 g/mol. The van der Waals surface area contributed by atoms with Crippen LogP contribution in [0.4, 0.5) is 10.5 Å². The van der Waals surface area contributed by atoms with Crippen molar-refractivity contribution in [3.63, 3.8) is 0 Å². The van der Waals surface area contributed by atoms with Crippen molar-refractivity contribution in [2.45, 2.75) is 13.8 Å². The van der Waals surface area contributed by atoms with E-state index in [9.17, 15) is 4.79 Å². The molecule has 3 rings (SSSR count). The summed E-state index contributed by atoms with van der Waals surface area (Å²) < 4.78 is 5.80. The largest absolute Gasteiger partial charge is 0.436 e. The van der Waals surface area contributed by atoms with Crippen LogP contribution in [0.2, 0.25) is 5.02 Å². The first kappa shape index (κ1) is 15.4. The summed E-state index contributed by atoms with van der Waals surface area (Å²) in [5.74, 6) is 0.442. The molecule has 3 aromatic rings. The number of halogens is 1. The van der Waals surface area contributed by atoms with Crippen LogP contribution in [0, 0.1) is 6.92 Å². The Morgan fingerprint density at radius 1 is 1.26 bits per heavy atom. The van der Waals surface area contributed by atoms with Gasteiger partial charge in [0.15, 0.2) is 5.58 Å². The highest BCUT2D eigenvalue weighted by atomic mass is 35.5. The van der Waals surface area contributed by atoms with Crippen molar-refractivity contribution in [2.75, 3.05) is 11.9 Å². The SMILES string of the molecule is CCNC(=O)Nc1ccc(C)cc1-c1nc2cc(Cl)ccc2o1. The van der Waals surface area contributed by atoms with Crippen molar-refractivity contribution in [3.8, 4) is 11.5 Å². The first-order valence-electron chi connectivity index (χ1n) is 7.29. The molecule has 0 aliphatic rings. The van der Waals surface area contributed by atoms with Crippen LogP contribution in [0.3, 0.4) is 0 Å². The lowest BCUT2D eigenvalue weighted by Gasteiger charge is -2.10. The van der Waals surface area contributed by atoms with Gasteiger partial charge in [-0.25, -0.2) is 9.78 Å². The fourth-order valence-electron chi connectivity index (χ4n) is 2.29. The van der Waals surface area contributed by atoms with Crippen molar-refractivity contribution in [3.05, 3.63) is 47.0 Å². The second kappa shape index (κ2) is 6.30. The van der Waals surface area contributed by atoms with E-state index < -0.39 is 0 Å². The van der Waals surface area contributed by atoms with Gasteiger partial charge in [0.25, 0.3) is 0 Å². The number of nitrogens with zero attached hydrogens (tertiary/aromatic N) is 1. The number of amides is 2. The zero-order valence-electron chi connectivity index (χ0n) is 12.8. The summed E-state index contributed by atoms with van der Waals surface area (Å²) in [6.07, 6.45) is 0. The van der Waals surface area contributed by atoms with Crippen molar-refractivity contribution < 1.29 is 9.21 Å². The van der Waals surface area contributed by atoms with Gasteiger partial charge >= 0.3 is 6.03 Å². The summed E-state index contributed by atoms with van der Waals surface area (Å²) in [6, 6.07) is 10.7. The molecule has 0 radical (unpaired) electrons. The lowest BCUT2D eigenvalue weighted by molar-refractivity contribution is 0.252. The van der Waals surface area contributed by atoms with Gasteiger partial charge in [-0.3, -0.25) is 0 Å². The first-order valence-corrected chi connectivity index (χ1v) is 7.66. The highest BCUT2D eigenvalue weighted by Gasteiger charge is 2.14. The van der Waals surface area contributed by atoms with Crippen LogP contribution in [0.5, 0.6) is 0 Å². The summed E-state index contributed by atoms with van der Waals surface area (Å²) >= 11 is 5.99. The average Bonchev–Trinajstić information content (AvgIpc) is 2.92. The van der Waals surface area contributed by atoms with Crippen molar-refractivity contribution in [1.29, 1.82) is 0 Å². The molecule has 0 saturated carbocycles. The summed E-state index contributed by atoms with van der Waals surface area (Å²) in [6.45, 7) is 4.38. The van der Waals surface area contributed by atoms with Crippen molar-refractivity contribution in [2.24, 2.45) is 0 Å². The summed E-state index contributed by atoms with van der Waals surface area (Å²) in [7, 11) is 0. The Balaban J connectivity index is 2.05. The number of fused-ring (bicyclic) bond motifs is 1. The average molecular weight is 330 g/mol. The number of hydrogen-bond acceptors (Lipinski definition) is 3. The van der Waals surface area contributed by atoms with Gasteiger partial charge in [-0.05, 0) is 44.2 Å².